The zero-order chi connectivity index (χ0) is 19.2. The second kappa shape index (κ2) is 9.18. The first-order valence-electron chi connectivity index (χ1n) is 9.84. The van der Waals surface area contributed by atoms with Crippen LogP contribution in [-0.4, -0.2) is 41.2 Å². The smallest absolute Gasteiger partial charge is 0.242 e. The van der Waals surface area contributed by atoms with E-state index >= 15 is 0 Å². The number of nitrogens with zero attached hydrogens (tertiary/aromatic N) is 2. The van der Waals surface area contributed by atoms with E-state index in [1.165, 1.54) is 10.4 Å². The lowest BCUT2D eigenvalue weighted by Gasteiger charge is -2.37. The standard InChI is InChI=1S/C22H28N2O2S/c1-3-5-13-23(20(25)4-2)16-21(26)24-14-11-19-18(12-15-27-19)22(24)17-9-7-6-8-10-17/h6-10,12,15,22H,3-5,11,13-14,16H2,1-2H3. The highest BCUT2D eigenvalue weighted by atomic mass is 32.1. The van der Waals surface area contributed by atoms with E-state index in [1.54, 1.807) is 16.2 Å². The van der Waals surface area contributed by atoms with Crippen LogP contribution in [0.2, 0.25) is 0 Å². The van der Waals surface area contributed by atoms with Gasteiger partial charge in [0.05, 0.1) is 12.6 Å². The second-order valence-electron chi connectivity index (χ2n) is 6.97. The lowest BCUT2D eigenvalue weighted by Crippen LogP contribution is -2.46. The number of hydrogen-bond acceptors (Lipinski definition) is 3. The number of carbonyl (C=O) groups excluding carboxylic acids is 2. The largest absolute Gasteiger partial charge is 0.333 e. The molecule has 0 saturated heterocycles. The van der Waals surface area contributed by atoms with Crippen LogP contribution in [0.15, 0.2) is 41.8 Å². The van der Waals surface area contributed by atoms with Crippen molar-refractivity contribution in [2.45, 2.75) is 45.6 Å². The molecule has 1 aromatic carbocycles. The number of unbranched alkanes of at least 4 members (excludes halogenated alkanes) is 1. The maximum absolute atomic E-state index is 13.2. The minimum Gasteiger partial charge on any atom is -0.333 e. The van der Waals surface area contributed by atoms with Crippen LogP contribution in [0.5, 0.6) is 0 Å². The average molecular weight is 385 g/mol. The van der Waals surface area contributed by atoms with Gasteiger partial charge in [-0.3, -0.25) is 9.59 Å². The zero-order valence-electron chi connectivity index (χ0n) is 16.2. The van der Waals surface area contributed by atoms with Crippen molar-refractivity contribution in [3.8, 4) is 0 Å². The summed E-state index contributed by atoms with van der Waals surface area (Å²) in [6.45, 7) is 5.49. The molecule has 2 aromatic rings. The Morgan fingerprint density at radius 1 is 1.19 bits per heavy atom. The molecule has 0 radical (unpaired) electrons. The predicted molar refractivity (Wildman–Crippen MR) is 110 cm³/mol. The third-order valence-corrected chi connectivity index (χ3v) is 6.16. The van der Waals surface area contributed by atoms with Crippen LogP contribution in [0.1, 0.15) is 55.2 Å². The molecular formula is C22H28N2O2S. The first kappa shape index (κ1) is 19.6. The van der Waals surface area contributed by atoms with Crippen LogP contribution in [0, 0.1) is 0 Å². The Morgan fingerprint density at radius 2 is 1.96 bits per heavy atom. The number of benzene rings is 1. The Kier molecular flexibility index (Phi) is 6.67. The molecule has 4 nitrogen and oxygen atoms in total. The van der Waals surface area contributed by atoms with Crippen LogP contribution < -0.4 is 0 Å². The van der Waals surface area contributed by atoms with E-state index in [9.17, 15) is 9.59 Å². The molecule has 1 aromatic heterocycles. The monoisotopic (exact) mass is 384 g/mol. The van der Waals surface area contributed by atoms with Gasteiger partial charge in [0, 0.05) is 24.4 Å². The minimum atomic E-state index is -0.0570. The fraction of sp³-hybridized carbons (Fsp3) is 0.455. The van der Waals surface area contributed by atoms with Gasteiger partial charge in [-0.2, -0.15) is 0 Å². The van der Waals surface area contributed by atoms with Gasteiger partial charge in [0.25, 0.3) is 0 Å². The van der Waals surface area contributed by atoms with Crippen LogP contribution in [0.4, 0.5) is 0 Å². The van der Waals surface area contributed by atoms with Crippen molar-refractivity contribution in [3.05, 3.63) is 57.8 Å². The van der Waals surface area contributed by atoms with Crippen molar-refractivity contribution in [1.29, 1.82) is 0 Å². The predicted octanol–water partition coefficient (Wildman–Crippen LogP) is 4.26. The fourth-order valence-electron chi connectivity index (χ4n) is 3.70. The van der Waals surface area contributed by atoms with E-state index in [-0.39, 0.29) is 24.4 Å². The van der Waals surface area contributed by atoms with Gasteiger partial charge in [0.2, 0.25) is 11.8 Å². The zero-order valence-corrected chi connectivity index (χ0v) is 17.0. The molecule has 1 atom stereocenters. The highest BCUT2D eigenvalue weighted by molar-refractivity contribution is 7.10. The summed E-state index contributed by atoms with van der Waals surface area (Å²) in [5, 5.41) is 2.11. The Labute approximate surface area is 165 Å². The Bertz CT molecular complexity index is 772. The lowest BCUT2D eigenvalue weighted by molar-refractivity contribution is -0.141. The Balaban J connectivity index is 1.85. The quantitative estimate of drug-likeness (QED) is 0.716. The van der Waals surface area contributed by atoms with Gasteiger partial charge in [0.1, 0.15) is 0 Å². The molecule has 0 saturated carbocycles. The van der Waals surface area contributed by atoms with E-state index in [0.717, 1.165) is 24.8 Å². The molecule has 0 aliphatic carbocycles. The number of hydrogen-bond donors (Lipinski definition) is 0. The van der Waals surface area contributed by atoms with E-state index in [1.807, 2.05) is 30.0 Å². The maximum atomic E-state index is 13.2. The molecule has 0 spiro atoms. The molecule has 2 heterocycles. The van der Waals surface area contributed by atoms with Crippen molar-refractivity contribution < 1.29 is 9.59 Å². The summed E-state index contributed by atoms with van der Waals surface area (Å²) < 4.78 is 0. The van der Waals surface area contributed by atoms with Crippen LogP contribution in [0.25, 0.3) is 0 Å². The SMILES string of the molecule is CCCCN(CC(=O)N1CCc2sccc2C1c1ccccc1)C(=O)CC. The topological polar surface area (TPSA) is 40.6 Å². The lowest BCUT2D eigenvalue weighted by atomic mass is 9.93. The summed E-state index contributed by atoms with van der Waals surface area (Å²) in [7, 11) is 0. The number of carbonyl (C=O) groups is 2. The molecular weight excluding hydrogens is 356 g/mol. The van der Waals surface area contributed by atoms with Gasteiger partial charge in [-0.05, 0) is 35.4 Å². The highest BCUT2D eigenvalue weighted by Gasteiger charge is 2.33. The van der Waals surface area contributed by atoms with Gasteiger partial charge >= 0.3 is 0 Å². The summed E-state index contributed by atoms with van der Waals surface area (Å²) in [6, 6.07) is 12.3. The van der Waals surface area contributed by atoms with E-state index < -0.39 is 0 Å². The minimum absolute atomic E-state index is 0.0404. The van der Waals surface area contributed by atoms with Crippen LogP contribution >= 0.6 is 11.3 Å². The fourth-order valence-corrected chi connectivity index (χ4v) is 4.60. The third kappa shape index (κ3) is 4.41. The van der Waals surface area contributed by atoms with Gasteiger partial charge in [-0.25, -0.2) is 0 Å². The average Bonchev–Trinajstić information content (AvgIpc) is 3.19. The third-order valence-electron chi connectivity index (χ3n) is 5.16. The molecule has 5 heteroatoms. The van der Waals surface area contributed by atoms with E-state index in [2.05, 4.69) is 30.5 Å². The van der Waals surface area contributed by atoms with Crippen molar-refractivity contribution in [2.75, 3.05) is 19.6 Å². The maximum Gasteiger partial charge on any atom is 0.242 e. The van der Waals surface area contributed by atoms with Gasteiger partial charge in [0.15, 0.2) is 0 Å². The molecule has 0 bridgehead atoms. The number of rotatable bonds is 7. The summed E-state index contributed by atoms with van der Waals surface area (Å²) in [6.07, 6.45) is 3.26. The van der Waals surface area contributed by atoms with E-state index in [4.69, 9.17) is 0 Å². The van der Waals surface area contributed by atoms with Crippen molar-refractivity contribution >= 4 is 23.2 Å². The number of thiophene rings is 1. The normalized spacial score (nSPS) is 16.1. The highest BCUT2D eigenvalue weighted by Crippen LogP contribution is 2.37. The second-order valence-corrected chi connectivity index (χ2v) is 7.97. The van der Waals surface area contributed by atoms with Gasteiger partial charge in [-0.1, -0.05) is 50.6 Å². The van der Waals surface area contributed by atoms with Gasteiger partial charge < -0.3 is 9.80 Å². The van der Waals surface area contributed by atoms with Crippen molar-refractivity contribution in [3.63, 3.8) is 0 Å². The summed E-state index contributed by atoms with van der Waals surface area (Å²) in [5.74, 6) is 0.0971. The number of fused-ring (bicyclic) bond motifs is 1. The Morgan fingerprint density at radius 3 is 2.67 bits per heavy atom. The van der Waals surface area contributed by atoms with Gasteiger partial charge in [-0.15, -0.1) is 11.3 Å². The molecule has 1 aliphatic heterocycles. The van der Waals surface area contributed by atoms with Crippen molar-refractivity contribution in [2.24, 2.45) is 0 Å². The molecule has 3 rings (SSSR count). The number of amides is 2. The molecule has 1 unspecified atom stereocenters. The Hall–Kier alpha value is -2.14. The summed E-state index contributed by atoms with van der Waals surface area (Å²) in [5.41, 5.74) is 2.36. The van der Waals surface area contributed by atoms with Crippen LogP contribution in [-0.2, 0) is 16.0 Å². The molecule has 1 aliphatic rings. The molecule has 144 valence electrons. The first-order chi connectivity index (χ1) is 13.2. The van der Waals surface area contributed by atoms with E-state index in [0.29, 0.717) is 19.5 Å². The molecule has 27 heavy (non-hydrogen) atoms. The summed E-state index contributed by atoms with van der Waals surface area (Å²) >= 11 is 1.77. The summed E-state index contributed by atoms with van der Waals surface area (Å²) in [4.78, 5) is 30.6. The first-order valence-corrected chi connectivity index (χ1v) is 10.7. The molecule has 0 N–H and O–H groups in total. The van der Waals surface area contributed by atoms with Crippen molar-refractivity contribution in [1.82, 2.24) is 9.80 Å². The molecule has 0 fully saturated rings. The van der Waals surface area contributed by atoms with Crippen LogP contribution in [0.3, 0.4) is 0 Å². The molecule has 2 amide bonds.